The average Bonchev–Trinajstić information content (AvgIpc) is 2.45. The summed E-state index contributed by atoms with van der Waals surface area (Å²) in [6.07, 6.45) is 0. The minimum atomic E-state index is -0.387. The van der Waals surface area contributed by atoms with E-state index < -0.39 is 0 Å². The zero-order valence-electron chi connectivity index (χ0n) is 10.8. The fourth-order valence-corrected chi connectivity index (χ4v) is 2.08. The Morgan fingerprint density at radius 3 is 2.60 bits per heavy atom. The van der Waals surface area contributed by atoms with Crippen LogP contribution in [0.4, 0.5) is 0 Å². The number of fused-ring (bicyclic) bond motifs is 1. The van der Waals surface area contributed by atoms with Gasteiger partial charge >= 0.3 is 0 Å². The summed E-state index contributed by atoms with van der Waals surface area (Å²) in [5.74, 6) is 0.834. The molecule has 3 aromatic rings. The highest BCUT2D eigenvalue weighted by Crippen LogP contribution is 2.25. The summed E-state index contributed by atoms with van der Waals surface area (Å²) in [6, 6.07) is 12.4. The van der Waals surface area contributed by atoms with E-state index in [1.54, 1.807) is 7.11 Å². The molecule has 5 nitrogen and oxygen atoms in total. The second kappa shape index (κ2) is 4.70. The first-order valence-corrected chi connectivity index (χ1v) is 6.04. The Balaban J connectivity index is 2.15. The van der Waals surface area contributed by atoms with Crippen LogP contribution in [0.2, 0.25) is 0 Å². The molecule has 0 atom stereocenters. The molecular formula is C15H12N2O3. The number of benzene rings is 2. The fraction of sp³-hybridized carbons (Fsp3) is 0.0667. The van der Waals surface area contributed by atoms with Gasteiger partial charge in [-0.2, -0.15) is 4.98 Å². The monoisotopic (exact) mass is 268 g/mol. The van der Waals surface area contributed by atoms with Gasteiger partial charge < -0.3 is 14.8 Å². The number of aromatic hydroxyl groups is 1. The number of aromatic nitrogens is 2. The molecule has 0 aliphatic carbocycles. The van der Waals surface area contributed by atoms with Crippen LogP contribution < -0.4 is 10.3 Å². The van der Waals surface area contributed by atoms with E-state index in [0.717, 1.165) is 28.2 Å². The van der Waals surface area contributed by atoms with Crippen molar-refractivity contribution in [3.05, 3.63) is 52.8 Å². The van der Waals surface area contributed by atoms with Crippen molar-refractivity contribution in [2.24, 2.45) is 0 Å². The lowest BCUT2D eigenvalue weighted by Gasteiger charge is -2.05. The molecule has 0 aliphatic heterocycles. The van der Waals surface area contributed by atoms with E-state index in [-0.39, 0.29) is 11.4 Å². The third kappa shape index (κ3) is 2.21. The number of H-pyrrole nitrogens is 1. The predicted octanol–water partition coefficient (Wildman–Crippen LogP) is 2.30. The molecule has 0 fully saturated rings. The van der Waals surface area contributed by atoms with Crippen molar-refractivity contribution < 1.29 is 9.84 Å². The molecule has 2 aromatic carbocycles. The smallest absolute Gasteiger partial charge is 0.254 e. The Kier molecular flexibility index (Phi) is 2.87. The van der Waals surface area contributed by atoms with Gasteiger partial charge in [-0.3, -0.25) is 4.79 Å². The third-order valence-electron chi connectivity index (χ3n) is 3.05. The normalized spacial score (nSPS) is 10.7. The summed E-state index contributed by atoms with van der Waals surface area (Å²) >= 11 is 0. The molecule has 3 rings (SSSR count). The quantitative estimate of drug-likeness (QED) is 0.747. The topological polar surface area (TPSA) is 75.2 Å². The summed E-state index contributed by atoms with van der Waals surface area (Å²) < 4.78 is 5.18. The second-order valence-electron chi connectivity index (χ2n) is 4.38. The van der Waals surface area contributed by atoms with Crippen LogP contribution in [0.1, 0.15) is 0 Å². The molecule has 0 spiro atoms. The molecule has 20 heavy (non-hydrogen) atoms. The van der Waals surface area contributed by atoms with Gasteiger partial charge in [-0.15, -0.1) is 0 Å². The Labute approximate surface area is 114 Å². The molecule has 0 saturated carbocycles. The van der Waals surface area contributed by atoms with E-state index in [1.165, 1.54) is 0 Å². The van der Waals surface area contributed by atoms with E-state index in [4.69, 9.17) is 4.74 Å². The van der Waals surface area contributed by atoms with Gasteiger partial charge in [0.2, 0.25) is 5.88 Å². The highest BCUT2D eigenvalue weighted by atomic mass is 16.5. The maximum atomic E-state index is 11.4. The average molecular weight is 268 g/mol. The first-order chi connectivity index (χ1) is 9.65. The number of ether oxygens (including phenoxy) is 1. The Morgan fingerprint density at radius 2 is 1.85 bits per heavy atom. The van der Waals surface area contributed by atoms with Crippen molar-refractivity contribution in [3.63, 3.8) is 0 Å². The number of rotatable bonds is 2. The van der Waals surface area contributed by atoms with E-state index in [2.05, 4.69) is 9.97 Å². The molecule has 0 aliphatic rings. The van der Waals surface area contributed by atoms with Gasteiger partial charge in [-0.05, 0) is 29.0 Å². The van der Waals surface area contributed by atoms with Crippen LogP contribution in [0.15, 0.2) is 47.3 Å². The van der Waals surface area contributed by atoms with E-state index in [1.807, 2.05) is 36.4 Å². The van der Waals surface area contributed by atoms with Gasteiger partial charge in [0, 0.05) is 5.56 Å². The molecule has 100 valence electrons. The molecule has 0 amide bonds. The van der Waals surface area contributed by atoms with Gasteiger partial charge in [0.15, 0.2) is 0 Å². The highest BCUT2D eigenvalue weighted by Gasteiger charge is 2.05. The lowest BCUT2D eigenvalue weighted by Crippen LogP contribution is -2.06. The molecule has 0 unspecified atom stereocenters. The lowest BCUT2D eigenvalue weighted by molar-refractivity contribution is 0.415. The van der Waals surface area contributed by atoms with Crippen molar-refractivity contribution in [1.82, 2.24) is 9.97 Å². The maximum Gasteiger partial charge on any atom is 0.254 e. The van der Waals surface area contributed by atoms with Crippen LogP contribution in [0, 0.1) is 0 Å². The fourth-order valence-electron chi connectivity index (χ4n) is 2.08. The Hall–Kier alpha value is -2.82. The molecule has 1 aromatic heterocycles. The van der Waals surface area contributed by atoms with Crippen molar-refractivity contribution >= 4 is 10.8 Å². The van der Waals surface area contributed by atoms with E-state index >= 15 is 0 Å². The molecule has 5 heteroatoms. The minimum Gasteiger partial charge on any atom is -0.497 e. The number of aromatic amines is 1. The summed E-state index contributed by atoms with van der Waals surface area (Å²) in [6.45, 7) is 0. The molecule has 1 heterocycles. The van der Waals surface area contributed by atoms with Gasteiger partial charge in [-0.25, -0.2) is 0 Å². The first kappa shape index (κ1) is 12.2. The molecular weight excluding hydrogens is 256 g/mol. The number of hydrogen-bond acceptors (Lipinski definition) is 4. The number of nitrogens with zero attached hydrogens (tertiary/aromatic N) is 1. The zero-order chi connectivity index (χ0) is 14.1. The van der Waals surface area contributed by atoms with Gasteiger partial charge in [0.05, 0.1) is 13.2 Å². The third-order valence-corrected chi connectivity index (χ3v) is 3.05. The summed E-state index contributed by atoms with van der Waals surface area (Å²) in [7, 11) is 1.62. The Morgan fingerprint density at radius 1 is 1.10 bits per heavy atom. The van der Waals surface area contributed by atoms with Crippen LogP contribution in [0.25, 0.3) is 22.2 Å². The highest BCUT2D eigenvalue weighted by molar-refractivity contribution is 5.87. The number of nitrogens with one attached hydrogen (secondary N) is 1. The second-order valence-corrected chi connectivity index (χ2v) is 4.38. The predicted molar refractivity (Wildman–Crippen MR) is 76.0 cm³/mol. The van der Waals surface area contributed by atoms with Crippen LogP contribution in [0.5, 0.6) is 11.6 Å². The van der Waals surface area contributed by atoms with Crippen molar-refractivity contribution in [2.75, 3.05) is 7.11 Å². The molecule has 0 bridgehead atoms. The van der Waals surface area contributed by atoms with E-state index in [0.29, 0.717) is 5.82 Å². The largest absolute Gasteiger partial charge is 0.497 e. The lowest BCUT2D eigenvalue weighted by atomic mass is 10.1. The van der Waals surface area contributed by atoms with Crippen LogP contribution in [-0.4, -0.2) is 22.2 Å². The van der Waals surface area contributed by atoms with Crippen LogP contribution >= 0.6 is 0 Å². The molecule has 2 N–H and O–H groups in total. The van der Waals surface area contributed by atoms with Crippen molar-refractivity contribution in [3.8, 4) is 23.0 Å². The van der Waals surface area contributed by atoms with Gasteiger partial charge in [0.25, 0.3) is 5.56 Å². The van der Waals surface area contributed by atoms with Crippen LogP contribution in [-0.2, 0) is 0 Å². The van der Waals surface area contributed by atoms with Crippen molar-refractivity contribution in [1.29, 1.82) is 0 Å². The SMILES string of the molecule is COc1ccc2cc(-c3nc(O)cc(=O)[nH]3)ccc2c1. The summed E-state index contributed by atoms with van der Waals surface area (Å²) in [5.41, 5.74) is 0.345. The van der Waals surface area contributed by atoms with Gasteiger partial charge in [-0.1, -0.05) is 18.2 Å². The zero-order valence-corrected chi connectivity index (χ0v) is 10.8. The molecule has 0 saturated heterocycles. The summed E-state index contributed by atoms with van der Waals surface area (Å²) in [5, 5.41) is 11.4. The number of hydrogen-bond donors (Lipinski definition) is 2. The van der Waals surface area contributed by atoms with Crippen molar-refractivity contribution in [2.45, 2.75) is 0 Å². The minimum absolute atomic E-state index is 0.293. The Bertz CT molecular complexity index is 840. The first-order valence-electron chi connectivity index (χ1n) is 6.04. The standard InChI is InChI=1S/C15H12N2O3/c1-20-12-5-4-9-6-11(3-2-10(9)7-12)15-16-13(18)8-14(19)17-15/h2-8H,1H3,(H2,16,17,18,19). The van der Waals surface area contributed by atoms with E-state index in [9.17, 15) is 9.90 Å². The maximum absolute atomic E-state index is 11.4. The summed E-state index contributed by atoms with van der Waals surface area (Å²) in [4.78, 5) is 17.9. The number of methoxy groups -OCH3 is 1. The van der Waals surface area contributed by atoms with Crippen LogP contribution in [0.3, 0.4) is 0 Å². The van der Waals surface area contributed by atoms with Gasteiger partial charge in [0.1, 0.15) is 11.6 Å². The molecule has 0 radical (unpaired) electrons.